The van der Waals surface area contributed by atoms with Gasteiger partial charge in [0.05, 0.1) is 23.8 Å². The van der Waals surface area contributed by atoms with Crippen LogP contribution in [0.5, 0.6) is 5.75 Å². The molecule has 0 saturated heterocycles. The predicted molar refractivity (Wildman–Crippen MR) is 103 cm³/mol. The fourth-order valence-corrected chi connectivity index (χ4v) is 2.69. The van der Waals surface area contributed by atoms with E-state index < -0.39 is 5.97 Å². The Kier molecular flexibility index (Phi) is 6.08. The quantitative estimate of drug-likeness (QED) is 0.460. The fourth-order valence-electron chi connectivity index (χ4n) is 2.58. The number of carbonyl (C=O) groups excluding carboxylic acids is 1. The highest BCUT2D eigenvalue weighted by molar-refractivity contribution is 6.31. The van der Waals surface area contributed by atoms with Gasteiger partial charge >= 0.3 is 5.97 Å². The van der Waals surface area contributed by atoms with Crippen molar-refractivity contribution in [2.45, 2.75) is 19.9 Å². The molecule has 0 saturated carbocycles. The van der Waals surface area contributed by atoms with E-state index >= 15 is 0 Å². The summed E-state index contributed by atoms with van der Waals surface area (Å²) in [7, 11) is 0. The molecule has 0 aliphatic heterocycles. The molecule has 27 heavy (non-hydrogen) atoms. The summed E-state index contributed by atoms with van der Waals surface area (Å²) < 4.78 is 12.0. The van der Waals surface area contributed by atoms with Crippen LogP contribution in [-0.2, 0) is 16.1 Å². The average Bonchev–Trinajstić information content (AvgIpc) is 2.68. The molecule has 0 aliphatic carbocycles. The number of hydrogen-bond donors (Lipinski definition) is 0. The van der Waals surface area contributed by atoms with Crippen LogP contribution in [0.3, 0.4) is 0 Å². The van der Waals surface area contributed by atoms with Crippen molar-refractivity contribution in [2.24, 2.45) is 0 Å². The number of rotatable bonds is 7. The van der Waals surface area contributed by atoms with E-state index in [0.717, 1.165) is 5.56 Å². The van der Waals surface area contributed by atoms with E-state index in [1.165, 1.54) is 10.9 Å². The molecule has 0 radical (unpaired) electrons. The summed E-state index contributed by atoms with van der Waals surface area (Å²) in [5.41, 5.74) is 1.44. The zero-order chi connectivity index (χ0) is 19.2. The third-order valence-electron chi connectivity index (χ3n) is 4.02. The molecular weight excluding hydrogens is 368 g/mol. The van der Waals surface area contributed by atoms with Crippen LogP contribution in [0.25, 0.3) is 10.9 Å². The number of halogens is 1. The maximum Gasteiger partial charge on any atom is 0.344 e. The molecular formula is C20H19ClN2O4. The van der Waals surface area contributed by atoms with Gasteiger partial charge < -0.3 is 9.47 Å². The van der Waals surface area contributed by atoms with Crippen LogP contribution in [0.4, 0.5) is 0 Å². The molecule has 2 aromatic carbocycles. The molecule has 3 aromatic rings. The molecule has 0 atom stereocenters. The highest BCUT2D eigenvalue weighted by atomic mass is 35.5. The van der Waals surface area contributed by atoms with Crippen molar-refractivity contribution in [1.82, 2.24) is 9.55 Å². The number of aryl methyl sites for hydroxylation is 2. The van der Waals surface area contributed by atoms with Gasteiger partial charge in [0.15, 0.2) is 6.61 Å². The monoisotopic (exact) mass is 386 g/mol. The number of esters is 1. The first-order chi connectivity index (χ1) is 13.0. The number of ether oxygens (including phenoxy) is 2. The maximum absolute atomic E-state index is 12.4. The number of para-hydroxylation sites is 1. The van der Waals surface area contributed by atoms with Gasteiger partial charge in [-0.2, -0.15) is 0 Å². The maximum atomic E-state index is 12.4. The highest BCUT2D eigenvalue weighted by Crippen LogP contribution is 2.20. The summed E-state index contributed by atoms with van der Waals surface area (Å²) in [6, 6.07) is 12.4. The molecule has 3 rings (SSSR count). The Balaban J connectivity index is 1.44. The van der Waals surface area contributed by atoms with E-state index in [0.29, 0.717) is 34.6 Å². The van der Waals surface area contributed by atoms with Gasteiger partial charge in [0.25, 0.3) is 5.56 Å². The van der Waals surface area contributed by atoms with Crippen molar-refractivity contribution in [1.29, 1.82) is 0 Å². The van der Waals surface area contributed by atoms with Crippen LogP contribution >= 0.6 is 11.6 Å². The van der Waals surface area contributed by atoms with E-state index in [4.69, 9.17) is 21.1 Å². The smallest absolute Gasteiger partial charge is 0.344 e. The predicted octanol–water partition coefficient (Wildman–Crippen LogP) is 3.37. The molecule has 0 spiro atoms. The lowest BCUT2D eigenvalue weighted by Crippen LogP contribution is -2.22. The standard InChI is InChI=1S/C20H19ClN2O4/c1-14-11-15(7-8-17(14)21)27-12-19(24)26-10-4-9-23-13-22-18-6-3-2-5-16(18)20(23)25/h2-3,5-8,11,13H,4,9-10,12H2,1H3. The van der Waals surface area contributed by atoms with Crippen LogP contribution < -0.4 is 10.3 Å². The van der Waals surface area contributed by atoms with Crippen LogP contribution in [0, 0.1) is 6.92 Å². The zero-order valence-electron chi connectivity index (χ0n) is 14.9. The minimum absolute atomic E-state index is 0.103. The molecule has 7 heteroatoms. The Hall–Kier alpha value is -2.86. The van der Waals surface area contributed by atoms with Gasteiger partial charge in [-0.3, -0.25) is 9.36 Å². The second kappa shape index (κ2) is 8.68. The van der Waals surface area contributed by atoms with Gasteiger partial charge in [0.1, 0.15) is 5.75 Å². The Morgan fingerprint density at radius 2 is 2.04 bits per heavy atom. The summed E-state index contributed by atoms with van der Waals surface area (Å²) in [6.45, 7) is 2.29. The van der Waals surface area contributed by atoms with Gasteiger partial charge in [-0.1, -0.05) is 23.7 Å². The van der Waals surface area contributed by atoms with E-state index in [9.17, 15) is 9.59 Å². The van der Waals surface area contributed by atoms with Gasteiger partial charge in [0.2, 0.25) is 0 Å². The van der Waals surface area contributed by atoms with Crippen molar-refractivity contribution in [2.75, 3.05) is 13.2 Å². The first-order valence-corrected chi connectivity index (χ1v) is 8.91. The second-order valence-corrected chi connectivity index (χ2v) is 6.44. The van der Waals surface area contributed by atoms with Crippen molar-refractivity contribution >= 4 is 28.5 Å². The summed E-state index contributed by atoms with van der Waals surface area (Å²) in [5.74, 6) is 0.0919. The lowest BCUT2D eigenvalue weighted by molar-refractivity contribution is -0.146. The van der Waals surface area contributed by atoms with E-state index in [2.05, 4.69) is 4.98 Å². The van der Waals surface area contributed by atoms with Crippen LogP contribution in [0.1, 0.15) is 12.0 Å². The van der Waals surface area contributed by atoms with Crippen LogP contribution in [0.2, 0.25) is 5.02 Å². The van der Waals surface area contributed by atoms with Crippen molar-refractivity contribution < 1.29 is 14.3 Å². The molecule has 0 N–H and O–H groups in total. The fraction of sp³-hybridized carbons (Fsp3) is 0.250. The van der Waals surface area contributed by atoms with E-state index in [1.54, 1.807) is 36.4 Å². The Morgan fingerprint density at radius 3 is 2.85 bits per heavy atom. The number of benzene rings is 2. The molecule has 6 nitrogen and oxygen atoms in total. The lowest BCUT2D eigenvalue weighted by atomic mass is 10.2. The molecule has 0 amide bonds. The average molecular weight is 387 g/mol. The number of nitrogens with zero attached hydrogens (tertiary/aromatic N) is 2. The molecule has 0 fully saturated rings. The van der Waals surface area contributed by atoms with Crippen LogP contribution in [-0.4, -0.2) is 28.7 Å². The zero-order valence-corrected chi connectivity index (χ0v) is 15.6. The van der Waals surface area contributed by atoms with E-state index in [-0.39, 0.29) is 18.8 Å². The molecule has 1 heterocycles. The van der Waals surface area contributed by atoms with Gasteiger partial charge in [-0.25, -0.2) is 9.78 Å². The summed E-state index contributed by atoms with van der Waals surface area (Å²) in [6.07, 6.45) is 2.02. The first kappa shape index (κ1) is 18.9. The summed E-state index contributed by atoms with van der Waals surface area (Å²) in [4.78, 5) is 28.4. The molecule has 0 unspecified atom stereocenters. The second-order valence-electron chi connectivity index (χ2n) is 6.03. The molecule has 0 aliphatic rings. The summed E-state index contributed by atoms with van der Waals surface area (Å²) >= 11 is 5.95. The third-order valence-corrected chi connectivity index (χ3v) is 4.45. The van der Waals surface area contributed by atoms with Gasteiger partial charge in [0, 0.05) is 11.6 Å². The highest BCUT2D eigenvalue weighted by Gasteiger charge is 2.07. The number of fused-ring (bicyclic) bond motifs is 1. The number of carbonyl (C=O) groups is 1. The normalized spacial score (nSPS) is 10.7. The third kappa shape index (κ3) is 4.86. The largest absolute Gasteiger partial charge is 0.482 e. The van der Waals surface area contributed by atoms with Crippen molar-refractivity contribution in [3.05, 3.63) is 69.7 Å². The SMILES string of the molecule is Cc1cc(OCC(=O)OCCCn2cnc3ccccc3c2=O)ccc1Cl. The van der Waals surface area contributed by atoms with Crippen molar-refractivity contribution in [3.63, 3.8) is 0 Å². The topological polar surface area (TPSA) is 70.4 Å². The number of aromatic nitrogens is 2. The Labute approximate surface area is 161 Å². The van der Waals surface area contributed by atoms with Gasteiger partial charge in [-0.05, 0) is 49.2 Å². The summed E-state index contributed by atoms with van der Waals surface area (Å²) in [5, 5.41) is 1.21. The molecule has 1 aromatic heterocycles. The minimum Gasteiger partial charge on any atom is -0.482 e. The van der Waals surface area contributed by atoms with E-state index in [1.807, 2.05) is 13.0 Å². The first-order valence-electron chi connectivity index (χ1n) is 8.53. The lowest BCUT2D eigenvalue weighted by Gasteiger charge is -2.09. The number of hydrogen-bond acceptors (Lipinski definition) is 5. The molecule has 140 valence electrons. The van der Waals surface area contributed by atoms with Gasteiger partial charge in [-0.15, -0.1) is 0 Å². The van der Waals surface area contributed by atoms with Crippen LogP contribution in [0.15, 0.2) is 53.6 Å². The Bertz CT molecular complexity index is 1020. The van der Waals surface area contributed by atoms with Crippen molar-refractivity contribution in [3.8, 4) is 5.75 Å². The molecule has 0 bridgehead atoms. The minimum atomic E-state index is -0.466. The Morgan fingerprint density at radius 1 is 1.22 bits per heavy atom.